The van der Waals surface area contributed by atoms with Gasteiger partial charge in [-0.3, -0.25) is 4.79 Å². The highest BCUT2D eigenvalue weighted by Crippen LogP contribution is 2.23. The third-order valence-electron chi connectivity index (χ3n) is 3.16. The minimum Gasteiger partial charge on any atom is -0.372 e. The molecule has 0 saturated heterocycles. The maximum Gasteiger partial charge on any atom is 0.255 e. The summed E-state index contributed by atoms with van der Waals surface area (Å²) in [6.07, 6.45) is 0. The van der Waals surface area contributed by atoms with Crippen LogP contribution in [0.15, 0.2) is 40.9 Å². The molecule has 1 aliphatic heterocycles. The van der Waals surface area contributed by atoms with E-state index in [1.165, 1.54) is 12.1 Å². The highest BCUT2D eigenvalue weighted by Gasteiger charge is 2.15. The summed E-state index contributed by atoms with van der Waals surface area (Å²) in [5, 5.41) is 2.57. The number of carbonyl (C=O) groups excluding carboxylic acids is 1. The number of anilines is 1. The van der Waals surface area contributed by atoms with E-state index in [2.05, 4.69) is 21.2 Å². The second-order valence-electron chi connectivity index (χ2n) is 4.55. The highest BCUT2D eigenvalue weighted by molar-refractivity contribution is 9.10. The fraction of sp³-hybridized carbons (Fsp3) is 0.133. The minimum atomic E-state index is -0.475. The molecule has 2 aromatic carbocycles. The summed E-state index contributed by atoms with van der Waals surface area (Å²) in [5.74, 6) is -0.807. The molecular formula is C15H11BrFNO2. The van der Waals surface area contributed by atoms with E-state index >= 15 is 0 Å². The fourth-order valence-electron chi connectivity index (χ4n) is 2.10. The zero-order valence-corrected chi connectivity index (χ0v) is 12.0. The van der Waals surface area contributed by atoms with Crippen LogP contribution >= 0.6 is 15.9 Å². The van der Waals surface area contributed by atoms with Gasteiger partial charge >= 0.3 is 0 Å². The van der Waals surface area contributed by atoms with Crippen molar-refractivity contribution in [2.45, 2.75) is 13.2 Å². The maximum atomic E-state index is 13.7. The first kappa shape index (κ1) is 13.3. The van der Waals surface area contributed by atoms with Crippen LogP contribution in [0, 0.1) is 5.82 Å². The Bertz CT molecular complexity index is 688. The van der Waals surface area contributed by atoms with Gasteiger partial charge in [0, 0.05) is 10.0 Å². The van der Waals surface area contributed by atoms with Crippen molar-refractivity contribution in [2.24, 2.45) is 0 Å². The van der Waals surface area contributed by atoms with Gasteiger partial charge in [0.15, 0.2) is 0 Å². The summed E-state index contributed by atoms with van der Waals surface area (Å²) in [7, 11) is 0. The van der Waals surface area contributed by atoms with Crippen LogP contribution in [0.5, 0.6) is 0 Å². The summed E-state index contributed by atoms with van der Waals surface area (Å²) in [6, 6.07) is 9.89. The van der Waals surface area contributed by atoms with Gasteiger partial charge in [0.25, 0.3) is 5.91 Å². The van der Waals surface area contributed by atoms with Crippen molar-refractivity contribution in [1.29, 1.82) is 0 Å². The van der Waals surface area contributed by atoms with Crippen LogP contribution in [0.4, 0.5) is 10.1 Å². The van der Waals surface area contributed by atoms with E-state index in [-0.39, 0.29) is 11.6 Å². The van der Waals surface area contributed by atoms with Crippen molar-refractivity contribution in [1.82, 2.24) is 0 Å². The number of rotatable bonds is 2. The molecule has 20 heavy (non-hydrogen) atoms. The Balaban J connectivity index is 1.82. The average molecular weight is 336 g/mol. The Morgan fingerprint density at radius 2 is 1.95 bits per heavy atom. The molecule has 5 heteroatoms. The molecule has 0 aromatic heterocycles. The molecule has 0 aliphatic carbocycles. The largest absolute Gasteiger partial charge is 0.372 e. The topological polar surface area (TPSA) is 38.3 Å². The van der Waals surface area contributed by atoms with Crippen LogP contribution in [0.2, 0.25) is 0 Å². The molecule has 0 fully saturated rings. The van der Waals surface area contributed by atoms with Crippen LogP contribution in [0.25, 0.3) is 0 Å². The normalized spacial score (nSPS) is 13.1. The molecule has 0 unspecified atom stereocenters. The second kappa shape index (κ2) is 5.34. The van der Waals surface area contributed by atoms with Gasteiger partial charge in [-0.25, -0.2) is 4.39 Å². The molecule has 2 aromatic rings. The molecule has 1 N–H and O–H groups in total. The Kier molecular flexibility index (Phi) is 3.54. The van der Waals surface area contributed by atoms with E-state index in [4.69, 9.17) is 4.74 Å². The molecule has 1 amide bonds. The molecule has 0 saturated carbocycles. The van der Waals surface area contributed by atoms with Gasteiger partial charge in [-0.15, -0.1) is 0 Å². The third kappa shape index (κ3) is 2.59. The number of amides is 1. The van der Waals surface area contributed by atoms with Crippen molar-refractivity contribution in [3.63, 3.8) is 0 Å². The lowest BCUT2D eigenvalue weighted by molar-refractivity contribution is 0.102. The molecular weight excluding hydrogens is 325 g/mol. The number of hydrogen-bond acceptors (Lipinski definition) is 2. The summed E-state index contributed by atoms with van der Waals surface area (Å²) in [5.41, 5.74) is 2.76. The van der Waals surface area contributed by atoms with E-state index < -0.39 is 5.82 Å². The van der Waals surface area contributed by atoms with Gasteiger partial charge in [0.05, 0.1) is 18.9 Å². The minimum absolute atomic E-state index is 0.162. The fourth-order valence-corrected chi connectivity index (χ4v) is 2.43. The van der Waals surface area contributed by atoms with Crippen molar-refractivity contribution in [2.75, 3.05) is 5.32 Å². The summed E-state index contributed by atoms with van der Waals surface area (Å²) >= 11 is 3.17. The van der Waals surface area contributed by atoms with E-state index in [1.54, 1.807) is 18.2 Å². The first-order valence-corrected chi connectivity index (χ1v) is 6.89. The molecule has 1 aliphatic rings. The van der Waals surface area contributed by atoms with Gasteiger partial charge < -0.3 is 10.1 Å². The predicted molar refractivity (Wildman–Crippen MR) is 77.0 cm³/mol. The van der Waals surface area contributed by atoms with Crippen LogP contribution in [0.1, 0.15) is 21.5 Å². The maximum absolute atomic E-state index is 13.7. The van der Waals surface area contributed by atoms with Crippen LogP contribution in [-0.4, -0.2) is 5.91 Å². The first-order chi connectivity index (χ1) is 9.63. The Morgan fingerprint density at radius 1 is 1.15 bits per heavy atom. The Morgan fingerprint density at radius 3 is 2.75 bits per heavy atom. The smallest absolute Gasteiger partial charge is 0.255 e. The molecule has 3 rings (SSSR count). The standard InChI is InChI=1S/C15H11BrFNO2/c16-12-3-4-14(13(17)6-12)18-15(19)9-1-2-10-7-20-8-11(10)5-9/h1-6H,7-8H2,(H,18,19). The van der Waals surface area contributed by atoms with Crippen LogP contribution < -0.4 is 5.32 Å². The van der Waals surface area contributed by atoms with Crippen molar-refractivity contribution >= 4 is 27.5 Å². The van der Waals surface area contributed by atoms with E-state index in [1.807, 2.05) is 6.07 Å². The van der Waals surface area contributed by atoms with Crippen LogP contribution in [0.3, 0.4) is 0 Å². The average Bonchev–Trinajstić information content (AvgIpc) is 2.89. The molecule has 102 valence electrons. The van der Waals surface area contributed by atoms with E-state index in [0.29, 0.717) is 23.2 Å². The number of nitrogens with one attached hydrogen (secondary N) is 1. The lowest BCUT2D eigenvalue weighted by Crippen LogP contribution is -2.13. The lowest BCUT2D eigenvalue weighted by Gasteiger charge is -2.07. The van der Waals surface area contributed by atoms with Gasteiger partial charge in [0.1, 0.15) is 5.82 Å². The first-order valence-electron chi connectivity index (χ1n) is 6.09. The zero-order valence-electron chi connectivity index (χ0n) is 10.5. The molecule has 1 heterocycles. The number of carbonyl (C=O) groups is 1. The summed E-state index contributed by atoms with van der Waals surface area (Å²) < 4.78 is 19.6. The number of fused-ring (bicyclic) bond motifs is 1. The Hall–Kier alpha value is -1.72. The van der Waals surface area contributed by atoms with Crippen molar-refractivity contribution in [3.8, 4) is 0 Å². The Labute approximate surface area is 123 Å². The number of ether oxygens (including phenoxy) is 1. The zero-order chi connectivity index (χ0) is 14.1. The molecule has 3 nitrogen and oxygen atoms in total. The molecule has 0 bridgehead atoms. The third-order valence-corrected chi connectivity index (χ3v) is 3.66. The van der Waals surface area contributed by atoms with Crippen molar-refractivity contribution < 1.29 is 13.9 Å². The van der Waals surface area contributed by atoms with Crippen LogP contribution in [-0.2, 0) is 18.0 Å². The van der Waals surface area contributed by atoms with Gasteiger partial charge in [-0.2, -0.15) is 0 Å². The highest BCUT2D eigenvalue weighted by atomic mass is 79.9. The second-order valence-corrected chi connectivity index (χ2v) is 5.47. The van der Waals surface area contributed by atoms with E-state index in [9.17, 15) is 9.18 Å². The lowest BCUT2D eigenvalue weighted by atomic mass is 10.1. The number of halogens is 2. The van der Waals surface area contributed by atoms with Gasteiger partial charge in [-0.1, -0.05) is 22.0 Å². The molecule has 0 radical (unpaired) electrons. The van der Waals surface area contributed by atoms with Gasteiger partial charge in [-0.05, 0) is 41.5 Å². The monoisotopic (exact) mass is 335 g/mol. The molecule has 0 spiro atoms. The van der Waals surface area contributed by atoms with Crippen molar-refractivity contribution in [3.05, 3.63) is 63.4 Å². The number of hydrogen-bond donors (Lipinski definition) is 1. The SMILES string of the molecule is O=C(Nc1ccc(Br)cc1F)c1ccc2c(c1)COC2. The predicted octanol–water partition coefficient (Wildman–Crippen LogP) is 3.87. The summed E-state index contributed by atoms with van der Waals surface area (Å²) in [4.78, 5) is 12.1. The van der Waals surface area contributed by atoms with Gasteiger partial charge in [0.2, 0.25) is 0 Å². The molecule has 0 atom stereocenters. The number of benzene rings is 2. The quantitative estimate of drug-likeness (QED) is 0.904. The summed E-state index contributed by atoms with van der Waals surface area (Å²) in [6.45, 7) is 1.10. The van der Waals surface area contributed by atoms with E-state index in [0.717, 1.165) is 11.1 Å².